The molecule has 1 fully saturated rings. The molecule has 1 amide bonds. The van der Waals surface area contributed by atoms with Gasteiger partial charge in [0.15, 0.2) is 6.61 Å². The van der Waals surface area contributed by atoms with E-state index >= 15 is 0 Å². The van der Waals surface area contributed by atoms with Gasteiger partial charge in [-0.05, 0) is 63.1 Å². The Bertz CT molecular complexity index is 1340. The third-order valence-corrected chi connectivity index (χ3v) is 7.27. The summed E-state index contributed by atoms with van der Waals surface area (Å²) in [5, 5.41) is 13.4. The highest BCUT2D eigenvalue weighted by atomic mass is 16.5. The molecule has 0 aliphatic heterocycles. The number of carbonyl (C=O) groups excluding carboxylic acids is 2. The zero-order valence-electron chi connectivity index (χ0n) is 19.6. The number of carbonyl (C=O) groups is 2. The number of hydrogen-bond donors (Lipinski definition) is 1. The fourth-order valence-electron chi connectivity index (χ4n) is 5.52. The van der Waals surface area contributed by atoms with Crippen molar-refractivity contribution in [3.63, 3.8) is 0 Å². The van der Waals surface area contributed by atoms with Crippen molar-refractivity contribution in [2.45, 2.75) is 64.8 Å². The second kappa shape index (κ2) is 8.94. The second-order valence-electron chi connectivity index (χ2n) is 9.26. The Labute approximate surface area is 198 Å². The predicted octanol–water partition coefficient (Wildman–Crippen LogP) is 4.92. The van der Waals surface area contributed by atoms with Crippen molar-refractivity contribution in [2.24, 2.45) is 0 Å². The van der Waals surface area contributed by atoms with E-state index < -0.39 is 18.5 Å². The average molecular weight is 457 g/mol. The van der Waals surface area contributed by atoms with Gasteiger partial charge in [-0.2, -0.15) is 5.26 Å². The lowest BCUT2D eigenvalue weighted by Gasteiger charge is -2.19. The predicted molar refractivity (Wildman–Crippen MR) is 129 cm³/mol. The monoisotopic (exact) mass is 456 g/mol. The molecule has 7 nitrogen and oxygen atoms in total. The lowest BCUT2D eigenvalue weighted by Crippen LogP contribution is -2.24. The smallest absolute Gasteiger partial charge is 0.339 e. The number of fused-ring (bicyclic) bond motifs is 2. The number of nitrogens with zero attached hydrogens (tertiary/aromatic N) is 3. The molecule has 2 aromatic heterocycles. The first-order valence-electron chi connectivity index (χ1n) is 12.0. The van der Waals surface area contributed by atoms with Gasteiger partial charge in [-0.15, -0.1) is 0 Å². The van der Waals surface area contributed by atoms with Crippen LogP contribution in [-0.4, -0.2) is 28.0 Å². The number of anilines is 1. The van der Waals surface area contributed by atoms with E-state index in [9.17, 15) is 14.9 Å². The van der Waals surface area contributed by atoms with Crippen LogP contribution in [-0.2, 0) is 22.4 Å². The Hall–Kier alpha value is -3.66. The molecular weight excluding hydrogens is 428 g/mol. The largest absolute Gasteiger partial charge is 0.452 e. The van der Waals surface area contributed by atoms with Crippen LogP contribution in [0.2, 0.25) is 0 Å². The summed E-state index contributed by atoms with van der Waals surface area (Å²) in [7, 11) is 0. The summed E-state index contributed by atoms with van der Waals surface area (Å²) in [6, 6.07) is 10.0. The van der Waals surface area contributed by atoms with Crippen LogP contribution in [0, 0.1) is 25.2 Å². The first-order valence-corrected chi connectivity index (χ1v) is 12.0. The van der Waals surface area contributed by atoms with Gasteiger partial charge in [-0.25, -0.2) is 4.79 Å². The minimum Gasteiger partial charge on any atom is -0.452 e. The van der Waals surface area contributed by atoms with Gasteiger partial charge in [0.05, 0.1) is 16.6 Å². The number of pyridine rings is 1. The number of aryl methyl sites for hydroxylation is 1. The van der Waals surface area contributed by atoms with Gasteiger partial charge in [0.2, 0.25) is 0 Å². The number of amides is 1. The van der Waals surface area contributed by atoms with Crippen molar-refractivity contribution in [2.75, 3.05) is 11.9 Å². The number of hydrogen-bond acceptors (Lipinski definition) is 5. The molecule has 0 radical (unpaired) electrons. The summed E-state index contributed by atoms with van der Waals surface area (Å²) < 4.78 is 7.59. The van der Waals surface area contributed by atoms with Crippen LogP contribution < -0.4 is 5.32 Å². The molecule has 1 N–H and O–H groups in total. The first kappa shape index (κ1) is 22.1. The Morgan fingerprint density at radius 3 is 2.71 bits per heavy atom. The molecule has 1 saturated carbocycles. The number of para-hydroxylation sites is 1. The summed E-state index contributed by atoms with van der Waals surface area (Å²) in [6.07, 6.45) is 6.90. The fourth-order valence-corrected chi connectivity index (χ4v) is 5.52. The molecule has 0 spiro atoms. The fraction of sp³-hybridized carbons (Fsp3) is 0.407. The topological polar surface area (TPSA) is 97.0 Å². The maximum absolute atomic E-state index is 13.1. The molecule has 0 bridgehead atoms. The van der Waals surface area contributed by atoms with E-state index in [2.05, 4.69) is 16.0 Å². The van der Waals surface area contributed by atoms with Gasteiger partial charge < -0.3 is 14.6 Å². The number of nitrogens with one attached hydrogen (secondary N) is 1. The molecule has 2 heterocycles. The van der Waals surface area contributed by atoms with Crippen molar-refractivity contribution in [1.29, 1.82) is 5.26 Å². The zero-order valence-corrected chi connectivity index (χ0v) is 19.6. The van der Waals surface area contributed by atoms with E-state index in [0.717, 1.165) is 78.4 Å². The summed E-state index contributed by atoms with van der Waals surface area (Å²) in [5.74, 6) is -0.441. The van der Waals surface area contributed by atoms with E-state index in [-0.39, 0.29) is 6.04 Å². The standard InChI is InChI=1S/C27H28N4O3/c1-16-17(2)31(18-8-3-4-9-18)26(21(16)14-28)30-24(32)15-34-27(33)25-19-10-5-6-12-22(19)29-23-13-7-11-20(23)25/h5-6,10,12,18H,3-4,7-9,11,13,15H2,1-2H3,(H,30,32). The molecule has 7 heteroatoms. The summed E-state index contributed by atoms with van der Waals surface area (Å²) in [4.78, 5) is 30.7. The molecule has 174 valence electrons. The number of esters is 1. The highest BCUT2D eigenvalue weighted by molar-refractivity contribution is 6.06. The van der Waals surface area contributed by atoms with Crippen LogP contribution >= 0.6 is 0 Å². The van der Waals surface area contributed by atoms with Crippen LogP contribution in [0.15, 0.2) is 24.3 Å². The lowest BCUT2D eigenvalue weighted by atomic mass is 10.0. The summed E-state index contributed by atoms with van der Waals surface area (Å²) in [6.45, 7) is 3.48. The molecule has 34 heavy (non-hydrogen) atoms. The highest BCUT2D eigenvalue weighted by Gasteiger charge is 2.28. The third-order valence-electron chi connectivity index (χ3n) is 7.27. The number of nitriles is 1. The maximum Gasteiger partial charge on any atom is 0.339 e. The molecule has 2 aliphatic rings. The highest BCUT2D eigenvalue weighted by Crippen LogP contribution is 2.37. The van der Waals surface area contributed by atoms with Crippen LogP contribution in [0.5, 0.6) is 0 Å². The van der Waals surface area contributed by atoms with E-state index in [4.69, 9.17) is 9.72 Å². The summed E-state index contributed by atoms with van der Waals surface area (Å²) >= 11 is 0. The number of benzene rings is 1. The van der Waals surface area contributed by atoms with Crippen LogP contribution in [0.4, 0.5) is 5.82 Å². The van der Waals surface area contributed by atoms with E-state index in [1.165, 1.54) is 0 Å². The minimum absolute atomic E-state index is 0.268. The van der Waals surface area contributed by atoms with Crippen molar-refractivity contribution in [3.8, 4) is 6.07 Å². The number of aromatic nitrogens is 2. The maximum atomic E-state index is 13.1. The van der Waals surface area contributed by atoms with Crippen molar-refractivity contribution in [1.82, 2.24) is 9.55 Å². The Morgan fingerprint density at radius 1 is 1.18 bits per heavy atom. The minimum atomic E-state index is -0.508. The Balaban J connectivity index is 1.37. The molecule has 2 aliphatic carbocycles. The number of ether oxygens (including phenoxy) is 1. The van der Waals surface area contributed by atoms with E-state index in [1.54, 1.807) is 0 Å². The van der Waals surface area contributed by atoms with Crippen molar-refractivity contribution in [3.05, 3.63) is 57.9 Å². The van der Waals surface area contributed by atoms with Gasteiger partial charge in [0.25, 0.3) is 5.91 Å². The van der Waals surface area contributed by atoms with Gasteiger partial charge in [-0.3, -0.25) is 9.78 Å². The van der Waals surface area contributed by atoms with Crippen LogP contribution in [0.25, 0.3) is 10.9 Å². The molecule has 0 saturated heterocycles. The third kappa shape index (κ3) is 3.73. The molecule has 5 rings (SSSR count). The van der Waals surface area contributed by atoms with Gasteiger partial charge in [-0.1, -0.05) is 31.0 Å². The Kier molecular flexibility index (Phi) is 5.82. The summed E-state index contributed by atoms with van der Waals surface area (Å²) in [5.41, 5.74) is 5.49. The number of rotatable bonds is 5. The van der Waals surface area contributed by atoms with Crippen molar-refractivity contribution >= 4 is 28.6 Å². The molecule has 3 aromatic rings. The van der Waals surface area contributed by atoms with Gasteiger partial charge in [0, 0.05) is 22.8 Å². The molecule has 0 atom stereocenters. The van der Waals surface area contributed by atoms with Gasteiger partial charge in [0.1, 0.15) is 11.9 Å². The SMILES string of the molecule is Cc1c(C#N)c(NC(=O)COC(=O)c2c3c(nc4ccccc24)CCC3)n(C2CCCC2)c1C. The van der Waals surface area contributed by atoms with Crippen molar-refractivity contribution < 1.29 is 14.3 Å². The quantitative estimate of drug-likeness (QED) is 0.550. The lowest BCUT2D eigenvalue weighted by molar-refractivity contribution is -0.119. The van der Waals surface area contributed by atoms with Gasteiger partial charge >= 0.3 is 5.97 Å². The van der Waals surface area contributed by atoms with Crippen LogP contribution in [0.3, 0.4) is 0 Å². The second-order valence-corrected chi connectivity index (χ2v) is 9.26. The normalized spacial score (nSPS) is 15.3. The van der Waals surface area contributed by atoms with E-state index in [1.807, 2.05) is 38.1 Å². The first-order chi connectivity index (χ1) is 16.5. The molecule has 0 unspecified atom stereocenters. The zero-order chi connectivity index (χ0) is 23.8. The average Bonchev–Trinajstić information content (AvgIpc) is 3.57. The molecular formula is C27H28N4O3. The van der Waals surface area contributed by atoms with Crippen LogP contribution in [0.1, 0.15) is 76.6 Å². The van der Waals surface area contributed by atoms with E-state index in [0.29, 0.717) is 16.9 Å². The Morgan fingerprint density at radius 2 is 1.94 bits per heavy atom. The molecule has 1 aromatic carbocycles.